The third kappa shape index (κ3) is 3.57. The molecule has 3 N–H and O–H groups in total. The van der Waals surface area contributed by atoms with Gasteiger partial charge in [0.15, 0.2) is 0 Å². The van der Waals surface area contributed by atoms with Crippen molar-refractivity contribution in [3.05, 3.63) is 29.3 Å². The van der Waals surface area contributed by atoms with E-state index in [-0.39, 0.29) is 17.4 Å². The summed E-state index contributed by atoms with van der Waals surface area (Å²) in [5.74, 6) is 0.692. The van der Waals surface area contributed by atoms with Crippen LogP contribution in [0.2, 0.25) is 0 Å². The molecule has 0 aliphatic heterocycles. The summed E-state index contributed by atoms with van der Waals surface area (Å²) in [5, 5.41) is 2.90. The first-order valence-electron chi connectivity index (χ1n) is 8.60. The largest absolute Gasteiger partial charge is 0.492 e. The average molecular weight is 334 g/mol. The summed E-state index contributed by atoms with van der Waals surface area (Å²) in [4.78, 5) is 12.5. The van der Waals surface area contributed by atoms with E-state index in [0.29, 0.717) is 26.2 Å². The predicted molar refractivity (Wildman–Crippen MR) is 95.2 cm³/mol. The van der Waals surface area contributed by atoms with Crippen molar-refractivity contribution in [2.24, 2.45) is 11.1 Å². The number of carbonyl (C=O) groups excluding carboxylic acids is 1. The van der Waals surface area contributed by atoms with Crippen molar-refractivity contribution >= 4 is 5.91 Å². The van der Waals surface area contributed by atoms with Crippen LogP contribution in [-0.4, -0.2) is 37.3 Å². The lowest BCUT2D eigenvalue weighted by Crippen LogP contribution is -2.75. The van der Waals surface area contributed by atoms with Crippen molar-refractivity contribution < 1.29 is 14.3 Å². The van der Waals surface area contributed by atoms with E-state index in [0.717, 1.165) is 16.9 Å². The van der Waals surface area contributed by atoms with Gasteiger partial charge in [0, 0.05) is 18.4 Å². The standard InChI is InChI=1S/C19H30N2O3/c1-6-23-16-12-19(20,18(16,4)5)17(22)21-7-8-24-15-10-13(2)9-14(3)11-15/h9-11,16H,6-8,12,20H2,1-5H3,(H,21,22). The van der Waals surface area contributed by atoms with E-state index >= 15 is 0 Å². The van der Waals surface area contributed by atoms with Crippen molar-refractivity contribution in [2.45, 2.75) is 52.7 Å². The van der Waals surface area contributed by atoms with E-state index in [1.165, 1.54) is 0 Å². The van der Waals surface area contributed by atoms with Crippen LogP contribution in [0.15, 0.2) is 18.2 Å². The normalized spacial score (nSPS) is 25.0. The van der Waals surface area contributed by atoms with Crippen molar-refractivity contribution in [3.63, 3.8) is 0 Å². The van der Waals surface area contributed by atoms with Gasteiger partial charge in [-0.2, -0.15) is 0 Å². The number of carbonyl (C=O) groups is 1. The number of hydrogen-bond donors (Lipinski definition) is 2. The fourth-order valence-corrected chi connectivity index (χ4v) is 3.33. The number of hydrogen-bond acceptors (Lipinski definition) is 4. The molecule has 24 heavy (non-hydrogen) atoms. The van der Waals surface area contributed by atoms with Crippen LogP contribution >= 0.6 is 0 Å². The minimum absolute atomic E-state index is 0.0322. The Kier molecular flexibility index (Phi) is 5.56. The van der Waals surface area contributed by atoms with Gasteiger partial charge in [0.25, 0.3) is 0 Å². The van der Waals surface area contributed by atoms with Crippen molar-refractivity contribution in [3.8, 4) is 5.75 Å². The van der Waals surface area contributed by atoms with Gasteiger partial charge in [-0.15, -0.1) is 0 Å². The quantitative estimate of drug-likeness (QED) is 0.751. The molecule has 2 rings (SSSR count). The molecule has 0 saturated heterocycles. The Morgan fingerprint density at radius 1 is 1.29 bits per heavy atom. The smallest absolute Gasteiger partial charge is 0.240 e. The van der Waals surface area contributed by atoms with Gasteiger partial charge in [-0.25, -0.2) is 0 Å². The molecule has 2 unspecified atom stereocenters. The SMILES string of the molecule is CCOC1CC(N)(C(=O)NCCOc2cc(C)cc(C)c2)C1(C)C. The molecular formula is C19H30N2O3. The zero-order chi connectivity index (χ0) is 18.0. The van der Waals surface area contributed by atoms with E-state index < -0.39 is 5.54 Å². The number of aryl methyl sites for hydroxylation is 2. The molecule has 1 fully saturated rings. The third-order valence-corrected chi connectivity index (χ3v) is 5.09. The van der Waals surface area contributed by atoms with E-state index in [1.54, 1.807) is 0 Å². The summed E-state index contributed by atoms with van der Waals surface area (Å²) in [7, 11) is 0. The highest BCUT2D eigenvalue weighted by Crippen LogP contribution is 2.49. The van der Waals surface area contributed by atoms with Crippen molar-refractivity contribution in [1.29, 1.82) is 0 Å². The molecule has 1 amide bonds. The lowest BCUT2D eigenvalue weighted by Gasteiger charge is -2.57. The van der Waals surface area contributed by atoms with E-state index in [9.17, 15) is 4.79 Å². The summed E-state index contributed by atoms with van der Waals surface area (Å²) in [6, 6.07) is 6.07. The van der Waals surface area contributed by atoms with Crippen LogP contribution in [0, 0.1) is 19.3 Å². The molecule has 0 bridgehead atoms. The van der Waals surface area contributed by atoms with Gasteiger partial charge in [0.2, 0.25) is 5.91 Å². The number of amides is 1. The molecule has 0 heterocycles. The van der Waals surface area contributed by atoms with Crippen molar-refractivity contribution in [2.75, 3.05) is 19.8 Å². The minimum Gasteiger partial charge on any atom is -0.492 e. The highest BCUT2D eigenvalue weighted by molar-refractivity contribution is 5.88. The van der Waals surface area contributed by atoms with Gasteiger partial charge in [0.05, 0.1) is 12.6 Å². The molecule has 1 saturated carbocycles. The van der Waals surface area contributed by atoms with Crippen LogP contribution in [0.4, 0.5) is 0 Å². The van der Waals surface area contributed by atoms with Crippen LogP contribution in [0.3, 0.4) is 0 Å². The summed E-state index contributed by atoms with van der Waals surface area (Å²) in [5.41, 5.74) is 7.41. The molecule has 0 spiro atoms. The summed E-state index contributed by atoms with van der Waals surface area (Å²) in [6.45, 7) is 11.5. The molecule has 1 aromatic carbocycles. The lowest BCUT2D eigenvalue weighted by molar-refractivity contribution is -0.170. The number of nitrogens with two attached hydrogens (primary N) is 1. The first-order chi connectivity index (χ1) is 11.2. The maximum atomic E-state index is 12.5. The predicted octanol–water partition coefficient (Wildman–Crippen LogP) is 2.33. The van der Waals surface area contributed by atoms with Crippen LogP contribution in [0.5, 0.6) is 5.75 Å². The second kappa shape index (κ2) is 7.11. The van der Waals surface area contributed by atoms with Crippen LogP contribution in [-0.2, 0) is 9.53 Å². The fourth-order valence-electron chi connectivity index (χ4n) is 3.33. The van der Waals surface area contributed by atoms with Gasteiger partial charge >= 0.3 is 0 Å². The van der Waals surface area contributed by atoms with E-state index in [4.69, 9.17) is 15.2 Å². The topological polar surface area (TPSA) is 73.6 Å². The Morgan fingerprint density at radius 3 is 2.46 bits per heavy atom. The number of rotatable bonds is 7. The van der Waals surface area contributed by atoms with Gasteiger partial charge in [-0.05, 0) is 44.0 Å². The summed E-state index contributed by atoms with van der Waals surface area (Å²) in [6.07, 6.45) is 0.585. The fraction of sp³-hybridized carbons (Fsp3) is 0.632. The Labute approximate surface area is 144 Å². The number of ether oxygens (including phenoxy) is 2. The second-order valence-corrected chi connectivity index (χ2v) is 7.27. The number of nitrogens with one attached hydrogen (secondary N) is 1. The van der Waals surface area contributed by atoms with Crippen LogP contribution in [0.25, 0.3) is 0 Å². The van der Waals surface area contributed by atoms with E-state index in [1.807, 2.05) is 46.8 Å². The lowest BCUT2D eigenvalue weighted by atomic mass is 9.54. The second-order valence-electron chi connectivity index (χ2n) is 7.27. The molecule has 5 nitrogen and oxygen atoms in total. The van der Waals surface area contributed by atoms with Crippen LogP contribution < -0.4 is 15.8 Å². The Morgan fingerprint density at radius 2 is 1.92 bits per heavy atom. The summed E-state index contributed by atoms with van der Waals surface area (Å²) >= 11 is 0. The number of benzene rings is 1. The van der Waals surface area contributed by atoms with Crippen molar-refractivity contribution in [1.82, 2.24) is 5.32 Å². The summed E-state index contributed by atoms with van der Waals surface area (Å²) < 4.78 is 11.4. The molecule has 1 aliphatic carbocycles. The van der Waals surface area contributed by atoms with Crippen LogP contribution in [0.1, 0.15) is 38.3 Å². The first kappa shape index (κ1) is 18.7. The molecule has 1 aliphatic rings. The Hall–Kier alpha value is -1.59. The third-order valence-electron chi connectivity index (χ3n) is 5.09. The molecule has 134 valence electrons. The zero-order valence-electron chi connectivity index (χ0n) is 15.4. The Bertz CT molecular complexity index is 580. The minimum atomic E-state index is -0.882. The molecule has 0 radical (unpaired) electrons. The highest BCUT2D eigenvalue weighted by atomic mass is 16.5. The molecule has 5 heteroatoms. The Balaban J connectivity index is 1.81. The molecular weight excluding hydrogens is 304 g/mol. The zero-order valence-corrected chi connectivity index (χ0v) is 15.4. The van der Waals surface area contributed by atoms with Gasteiger partial charge < -0.3 is 20.5 Å². The molecule has 0 aromatic heterocycles. The van der Waals surface area contributed by atoms with E-state index in [2.05, 4.69) is 11.4 Å². The average Bonchev–Trinajstić information content (AvgIpc) is 2.50. The highest BCUT2D eigenvalue weighted by Gasteiger charge is 2.62. The first-order valence-corrected chi connectivity index (χ1v) is 8.60. The maximum absolute atomic E-state index is 12.5. The van der Waals surface area contributed by atoms with Gasteiger partial charge in [-0.1, -0.05) is 19.9 Å². The maximum Gasteiger partial charge on any atom is 0.240 e. The van der Waals surface area contributed by atoms with Gasteiger partial charge in [-0.3, -0.25) is 4.79 Å². The molecule has 1 aromatic rings. The molecule has 2 atom stereocenters. The monoisotopic (exact) mass is 334 g/mol. The van der Waals surface area contributed by atoms with Gasteiger partial charge in [0.1, 0.15) is 17.9 Å².